The van der Waals surface area contributed by atoms with Crippen LogP contribution in [0.4, 0.5) is 4.79 Å². The highest BCUT2D eigenvalue weighted by atomic mass is 32.2. The number of amides is 1. The van der Waals surface area contributed by atoms with Gasteiger partial charge < -0.3 is 15.0 Å². The first-order valence-corrected chi connectivity index (χ1v) is 9.37. The van der Waals surface area contributed by atoms with E-state index >= 15 is 0 Å². The molecule has 0 saturated carbocycles. The van der Waals surface area contributed by atoms with Crippen LogP contribution in [0.15, 0.2) is 0 Å². The van der Waals surface area contributed by atoms with Gasteiger partial charge in [0.05, 0.1) is 11.5 Å². The van der Waals surface area contributed by atoms with Gasteiger partial charge in [0, 0.05) is 25.7 Å². The lowest BCUT2D eigenvalue weighted by molar-refractivity contribution is 0.0261. The van der Waals surface area contributed by atoms with E-state index in [0.29, 0.717) is 31.8 Å². The minimum absolute atomic E-state index is 0.00101. The second-order valence-corrected chi connectivity index (χ2v) is 8.70. The van der Waals surface area contributed by atoms with Gasteiger partial charge in [0.1, 0.15) is 5.60 Å². The number of hydrogen-bond donors (Lipinski definition) is 1. The molecule has 0 spiro atoms. The number of ether oxygens (including phenoxy) is 1. The standard InChI is InChI=1S/C14H28N2O4S/c1-5-16(13(17)20-14(2,3)4)9-8-15-12-7-6-10-21(18,19)11-12/h12,15H,5-11H2,1-4H3. The van der Waals surface area contributed by atoms with Crippen LogP contribution in [0.5, 0.6) is 0 Å². The lowest BCUT2D eigenvalue weighted by Crippen LogP contribution is -2.45. The van der Waals surface area contributed by atoms with Gasteiger partial charge in [0.25, 0.3) is 0 Å². The van der Waals surface area contributed by atoms with Gasteiger partial charge in [0.2, 0.25) is 0 Å². The largest absolute Gasteiger partial charge is 0.444 e. The van der Waals surface area contributed by atoms with Crippen molar-refractivity contribution in [2.24, 2.45) is 0 Å². The van der Waals surface area contributed by atoms with Crippen molar-refractivity contribution >= 4 is 15.9 Å². The van der Waals surface area contributed by atoms with Crippen molar-refractivity contribution in [2.75, 3.05) is 31.1 Å². The van der Waals surface area contributed by atoms with Crippen molar-refractivity contribution in [3.63, 3.8) is 0 Å². The molecular formula is C14H28N2O4S. The average molecular weight is 320 g/mol. The monoisotopic (exact) mass is 320 g/mol. The van der Waals surface area contributed by atoms with Crippen LogP contribution in [-0.2, 0) is 14.6 Å². The Balaban J connectivity index is 2.37. The Morgan fingerprint density at radius 1 is 1.38 bits per heavy atom. The molecule has 6 nitrogen and oxygen atoms in total. The number of nitrogens with one attached hydrogen (secondary N) is 1. The third kappa shape index (κ3) is 7.13. The normalized spacial score (nSPS) is 21.8. The van der Waals surface area contributed by atoms with Gasteiger partial charge in [-0.2, -0.15) is 0 Å². The molecule has 0 aliphatic carbocycles. The third-order valence-corrected chi connectivity index (χ3v) is 5.13. The van der Waals surface area contributed by atoms with Gasteiger partial charge in [-0.1, -0.05) is 0 Å². The molecule has 1 amide bonds. The summed E-state index contributed by atoms with van der Waals surface area (Å²) in [5.74, 6) is 0.496. The van der Waals surface area contributed by atoms with Gasteiger partial charge in [-0.3, -0.25) is 0 Å². The van der Waals surface area contributed by atoms with Crippen molar-refractivity contribution in [3.05, 3.63) is 0 Å². The lowest BCUT2D eigenvalue weighted by atomic mass is 10.2. The summed E-state index contributed by atoms with van der Waals surface area (Å²) in [5, 5.41) is 3.23. The first-order chi connectivity index (χ1) is 9.63. The van der Waals surface area contributed by atoms with E-state index < -0.39 is 15.4 Å². The van der Waals surface area contributed by atoms with E-state index in [1.54, 1.807) is 4.90 Å². The minimum Gasteiger partial charge on any atom is -0.444 e. The maximum absolute atomic E-state index is 12.0. The highest BCUT2D eigenvalue weighted by Gasteiger charge is 2.25. The molecule has 1 rings (SSSR count). The number of carbonyl (C=O) groups excluding carboxylic acids is 1. The van der Waals surface area contributed by atoms with Crippen LogP contribution in [0.2, 0.25) is 0 Å². The first kappa shape index (κ1) is 18.2. The van der Waals surface area contributed by atoms with Crippen LogP contribution in [0.3, 0.4) is 0 Å². The number of likely N-dealkylation sites (N-methyl/N-ethyl adjacent to an activating group) is 1. The maximum Gasteiger partial charge on any atom is 0.410 e. The van der Waals surface area contributed by atoms with Crippen LogP contribution in [0.25, 0.3) is 0 Å². The fraction of sp³-hybridized carbons (Fsp3) is 0.929. The van der Waals surface area contributed by atoms with Gasteiger partial charge in [0.15, 0.2) is 9.84 Å². The second kappa shape index (κ2) is 7.45. The molecule has 1 atom stereocenters. The zero-order chi connectivity index (χ0) is 16.1. The average Bonchev–Trinajstić information content (AvgIpc) is 2.31. The van der Waals surface area contributed by atoms with Crippen molar-refractivity contribution in [2.45, 2.75) is 52.2 Å². The summed E-state index contributed by atoms with van der Waals surface area (Å²) >= 11 is 0. The van der Waals surface area contributed by atoms with E-state index in [4.69, 9.17) is 4.74 Å². The van der Waals surface area contributed by atoms with Crippen molar-refractivity contribution in [1.82, 2.24) is 10.2 Å². The Labute approximate surface area is 128 Å². The molecule has 1 saturated heterocycles. The molecule has 1 aliphatic rings. The predicted molar refractivity (Wildman–Crippen MR) is 83.2 cm³/mol. The molecule has 0 bridgehead atoms. The van der Waals surface area contributed by atoms with Gasteiger partial charge in [-0.05, 0) is 40.5 Å². The number of hydrogen-bond acceptors (Lipinski definition) is 5. The molecule has 0 aromatic rings. The van der Waals surface area contributed by atoms with E-state index in [-0.39, 0.29) is 17.9 Å². The molecule has 1 aliphatic heterocycles. The van der Waals surface area contributed by atoms with Crippen LogP contribution in [0.1, 0.15) is 40.5 Å². The molecule has 1 N–H and O–H groups in total. The first-order valence-electron chi connectivity index (χ1n) is 7.54. The topological polar surface area (TPSA) is 75.7 Å². The second-order valence-electron chi connectivity index (χ2n) is 6.47. The van der Waals surface area contributed by atoms with Crippen molar-refractivity contribution in [3.8, 4) is 0 Å². The summed E-state index contributed by atoms with van der Waals surface area (Å²) in [6.07, 6.45) is 1.25. The summed E-state index contributed by atoms with van der Waals surface area (Å²) < 4.78 is 28.4. The fourth-order valence-corrected chi connectivity index (χ4v) is 3.96. The summed E-state index contributed by atoms with van der Waals surface area (Å²) in [4.78, 5) is 13.6. The van der Waals surface area contributed by atoms with Crippen molar-refractivity contribution in [1.29, 1.82) is 0 Å². The molecule has 1 unspecified atom stereocenters. The highest BCUT2D eigenvalue weighted by molar-refractivity contribution is 7.91. The molecular weight excluding hydrogens is 292 g/mol. The number of nitrogens with zero attached hydrogens (tertiary/aromatic N) is 1. The number of carbonyl (C=O) groups is 1. The van der Waals surface area contributed by atoms with E-state index in [1.807, 2.05) is 27.7 Å². The van der Waals surface area contributed by atoms with E-state index in [1.165, 1.54) is 0 Å². The molecule has 21 heavy (non-hydrogen) atoms. The summed E-state index contributed by atoms with van der Waals surface area (Å²) in [7, 11) is -2.90. The predicted octanol–water partition coefficient (Wildman–Crippen LogP) is 1.41. The van der Waals surface area contributed by atoms with Crippen LogP contribution < -0.4 is 5.32 Å². The van der Waals surface area contributed by atoms with E-state index in [9.17, 15) is 13.2 Å². The lowest BCUT2D eigenvalue weighted by Gasteiger charge is -2.28. The summed E-state index contributed by atoms with van der Waals surface area (Å²) in [6.45, 7) is 9.07. The highest BCUT2D eigenvalue weighted by Crippen LogP contribution is 2.12. The summed E-state index contributed by atoms with van der Waals surface area (Å²) in [5.41, 5.74) is -0.505. The van der Waals surface area contributed by atoms with E-state index in [2.05, 4.69) is 5.32 Å². The van der Waals surface area contributed by atoms with Crippen molar-refractivity contribution < 1.29 is 17.9 Å². The number of sulfone groups is 1. The summed E-state index contributed by atoms with van der Waals surface area (Å²) in [6, 6.07) is 0.00101. The Kier molecular flexibility index (Phi) is 6.46. The van der Waals surface area contributed by atoms with Crippen LogP contribution in [0, 0.1) is 0 Å². The number of rotatable bonds is 5. The Bertz CT molecular complexity index is 442. The SMILES string of the molecule is CCN(CCNC1CCCS(=O)(=O)C1)C(=O)OC(C)(C)C. The van der Waals surface area contributed by atoms with Gasteiger partial charge >= 0.3 is 6.09 Å². The molecule has 7 heteroatoms. The van der Waals surface area contributed by atoms with E-state index in [0.717, 1.165) is 6.42 Å². The quantitative estimate of drug-likeness (QED) is 0.829. The smallest absolute Gasteiger partial charge is 0.410 e. The Hall–Kier alpha value is -0.820. The minimum atomic E-state index is -2.90. The van der Waals surface area contributed by atoms with Gasteiger partial charge in [-0.15, -0.1) is 0 Å². The Morgan fingerprint density at radius 3 is 2.57 bits per heavy atom. The molecule has 0 radical (unpaired) electrons. The van der Waals surface area contributed by atoms with Crippen LogP contribution in [-0.4, -0.2) is 62.2 Å². The maximum atomic E-state index is 12.0. The van der Waals surface area contributed by atoms with Gasteiger partial charge in [-0.25, -0.2) is 13.2 Å². The zero-order valence-electron chi connectivity index (χ0n) is 13.5. The molecule has 0 aromatic carbocycles. The fourth-order valence-electron chi connectivity index (χ4n) is 2.29. The Morgan fingerprint density at radius 2 is 2.05 bits per heavy atom. The molecule has 1 fully saturated rings. The molecule has 1 heterocycles. The molecule has 0 aromatic heterocycles. The van der Waals surface area contributed by atoms with Crippen LogP contribution >= 0.6 is 0 Å². The molecule has 124 valence electrons. The third-order valence-electron chi connectivity index (χ3n) is 3.31. The zero-order valence-corrected chi connectivity index (χ0v) is 14.3.